The molecule has 1 aliphatic heterocycles. The summed E-state index contributed by atoms with van der Waals surface area (Å²) in [5, 5.41) is 16.2. The van der Waals surface area contributed by atoms with Gasteiger partial charge in [0, 0.05) is 24.4 Å². The van der Waals surface area contributed by atoms with Gasteiger partial charge in [-0.2, -0.15) is 5.26 Å². The Morgan fingerprint density at radius 3 is 2.54 bits per heavy atom. The Kier molecular flexibility index (Phi) is 5.42. The average molecular weight is 327 g/mol. The number of carbonyl (C=O) groups is 3. The second kappa shape index (κ2) is 7.51. The van der Waals surface area contributed by atoms with E-state index < -0.39 is 24.3 Å². The van der Waals surface area contributed by atoms with Crippen molar-refractivity contribution >= 4 is 29.1 Å². The molecule has 24 heavy (non-hydrogen) atoms. The first-order valence-electron chi connectivity index (χ1n) is 7.49. The Bertz CT molecular complexity index is 718. The van der Waals surface area contributed by atoms with Crippen LogP contribution in [0.1, 0.15) is 30.1 Å². The fraction of sp³-hybridized carbons (Fsp3) is 0.353. The topological polar surface area (TPSA) is 111 Å². The molecule has 1 saturated heterocycles. The summed E-state index contributed by atoms with van der Waals surface area (Å²) in [4.78, 5) is 37.0. The molecule has 1 N–H and O–H groups in total. The van der Waals surface area contributed by atoms with Crippen LogP contribution in [-0.4, -0.2) is 36.5 Å². The molecule has 1 aromatic carbocycles. The predicted molar refractivity (Wildman–Crippen MR) is 85.8 cm³/mol. The molecule has 7 nitrogen and oxygen atoms in total. The number of nitrogens with one attached hydrogen (secondary N) is 1. The summed E-state index contributed by atoms with van der Waals surface area (Å²) in [6, 6.07) is 8.06. The molecule has 0 saturated carbocycles. The molecule has 1 unspecified atom stereocenters. The maximum Gasteiger partial charge on any atom is 0.338 e. The van der Waals surface area contributed by atoms with E-state index in [4.69, 9.17) is 15.4 Å². The van der Waals surface area contributed by atoms with Gasteiger partial charge >= 0.3 is 5.97 Å². The predicted octanol–water partition coefficient (Wildman–Crippen LogP) is 1.72. The lowest BCUT2D eigenvalue weighted by atomic mass is 10.0. The molecule has 0 spiro atoms. The lowest BCUT2D eigenvalue weighted by Crippen LogP contribution is -2.25. The fourth-order valence-corrected chi connectivity index (χ4v) is 2.41. The summed E-state index contributed by atoms with van der Waals surface area (Å²) in [6.07, 6.45) is 1.34. The van der Waals surface area contributed by atoms with Gasteiger partial charge < -0.3 is 15.0 Å². The van der Waals surface area contributed by atoms with Crippen LogP contribution in [0.15, 0.2) is 24.3 Å². The van der Waals surface area contributed by atoms with Crippen molar-refractivity contribution in [3.63, 3.8) is 0 Å². The minimum Gasteiger partial charge on any atom is -0.454 e. The fourth-order valence-electron chi connectivity index (χ4n) is 2.41. The first-order chi connectivity index (χ1) is 11.4. The molecule has 1 aromatic rings. The number of hydrogen-bond acceptors (Lipinski definition) is 6. The van der Waals surface area contributed by atoms with Crippen LogP contribution >= 0.6 is 0 Å². The maximum absolute atomic E-state index is 11.9. The van der Waals surface area contributed by atoms with E-state index in [9.17, 15) is 14.4 Å². The number of amides is 1. The quantitative estimate of drug-likeness (QED) is 0.631. The van der Waals surface area contributed by atoms with Crippen LogP contribution in [-0.2, 0) is 14.3 Å². The Morgan fingerprint density at radius 2 is 2.04 bits per heavy atom. The molecule has 0 bridgehead atoms. The highest BCUT2D eigenvalue weighted by molar-refractivity contribution is 6.06. The van der Waals surface area contributed by atoms with Crippen molar-refractivity contribution in [2.24, 2.45) is 5.92 Å². The minimum absolute atomic E-state index is 0.0560. The van der Waals surface area contributed by atoms with Crippen molar-refractivity contribution in [2.75, 3.05) is 18.1 Å². The average Bonchev–Trinajstić information content (AvgIpc) is 2.99. The number of carbonyl (C=O) groups excluding carboxylic acids is 3. The zero-order valence-electron chi connectivity index (χ0n) is 13.2. The largest absolute Gasteiger partial charge is 0.454 e. The molecule has 0 radical (unpaired) electrons. The normalized spacial score (nSPS) is 14.8. The monoisotopic (exact) mass is 327 g/mol. The zero-order chi connectivity index (χ0) is 17.7. The van der Waals surface area contributed by atoms with Gasteiger partial charge in [0.2, 0.25) is 5.91 Å². The second-order valence-corrected chi connectivity index (χ2v) is 5.48. The Hall–Kier alpha value is -3.01. The van der Waals surface area contributed by atoms with Crippen LogP contribution < -0.4 is 4.90 Å². The first-order valence-corrected chi connectivity index (χ1v) is 7.49. The Labute approximate surface area is 139 Å². The van der Waals surface area contributed by atoms with E-state index >= 15 is 0 Å². The SMILES string of the molecule is CC(=N)C(C#N)C(=O)COC(=O)c1ccc(N2CCCC2=O)cc1. The molecule has 7 heteroatoms. The molecule has 1 amide bonds. The highest BCUT2D eigenvalue weighted by Gasteiger charge is 2.23. The van der Waals surface area contributed by atoms with Crippen molar-refractivity contribution in [3.8, 4) is 6.07 Å². The Balaban J connectivity index is 1.96. The van der Waals surface area contributed by atoms with Gasteiger partial charge in [0.05, 0.1) is 11.6 Å². The molecular weight excluding hydrogens is 310 g/mol. The van der Waals surface area contributed by atoms with Gasteiger partial charge in [-0.25, -0.2) is 4.79 Å². The lowest BCUT2D eigenvalue weighted by Gasteiger charge is -2.15. The van der Waals surface area contributed by atoms with E-state index in [-0.39, 0.29) is 17.2 Å². The second-order valence-electron chi connectivity index (χ2n) is 5.48. The number of anilines is 1. The molecule has 124 valence electrons. The first kappa shape index (κ1) is 17.3. The summed E-state index contributed by atoms with van der Waals surface area (Å²) in [7, 11) is 0. The van der Waals surface area contributed by atoms with Crippen molar-refractivity contribution in [2.45, 2.75) is 19.8 Å². The third kappa shape index (κ3) is 3.84. The number of ether oxygens (including phenoxy) is 1. The molecule has 0 aromatic heterocycles. The maximum atomic E-state index is 11.9. The molecule has 0 aliphatic carbocycles. The zero-order valence-corrected chi connectivity index (χ0v) is 13.2. The van der Waals surface area contributed by atoms with E-state index in [1.807, 2.05) is 0 Å². The van der Waals surface area contributed by atoms with Gasteiger partial charge in [0.15, 0.2) is 12.4 Å². The third-order valence-corrected chi connectivity index (χ3v) is 3.72. The van der Waals surface area contributed by atoms with Gasteiger partial charge in [-0.1, -0.05) is 0 Å². The summed E-state index contributed by atoms with van der Waals surface area (Å²) in [5.74, 6) is -2.46. The molecule has 1 heterocycles. The van der Waals surface area contributed by atoms with Crippen LogP contribution in [0.5, 0.6) is 0 Å². The van der Waals surface area contributed by atoms with Gasteiger partial charge in [-0.3, -0.25) is 9.59 Å². The minimum atomic E-state index is -1.19. The van der Waals surface area contributed by atoms with E-state index in [1.165, 1.54) is 19.1 Å². The highest BCUT2D eigenvalue weighted by atomic mass is 16.5. The number of Topliss-reactive ketones (excluding diaryl/α,β-unsaturated/α-hetero) is 1. The van der Waals surface area contributed by atoms with Gasteiger partial charge in [0.1, 0.15) is 5.92 Å². The third-order valence-electron chi connectivity index (χ3n) is 3.72. The van der Waals surface area contributed by atoms with E-state index in [0.29, 0.717) is 18.7 Å². The molecule has 1 fully saturated rings. The number of nitriles is 1. The lowest BCUT2D eigenvalue weighted by molar-refractivity contribution is -0.122. The van der Waals surface area contributed by atoms with Crippen molar-refractivity contribution in [1.82, 2.24) is 0 Å². The van der Waals surface area contributed by atoms with Crippen LogP contribution in [0.4, 0.5) is 5.69 Å². The summed E-state index contributed by atoms with van der Waals surface area (Å²) >= 11 is 0. The van der Waals surface area contributed by atoms with Gasteiger partial charge in [0.25, 0.3) is 0 Å². The Morgan fingerprint density at radius 1 is 1.38 bits per heavy atom. The van der Waals surface area contributed by atoms with Crippen LogP contribution in [0.3, 0.4) is 0 Å². The van der Waals surface area contributed by atoms with Crippen LogP contribution in [0.25, 0.3) is 0 Å². The van der Waals surface area contributed by atoms with Gasteiger partial charge in [-0.15, -0.1) is 0 Å². The molecule has 1 aliphatic rings. The number of ketones is 1. The number of rotatable bonds is 6. The van der Waals surface area contributed by atoms with E-state index in [0.717, 1.165) is 6.42 Å². The number of nitrogens with zero attached hydrogens (tertiary/aromatic N) is 2. The van der Waals surface area contributed by atoms with E-state index in [2.05, 4.69) is 0 Å². The van der Waals surface area contributed by atoms with Crippen molar-refractivity contribution in [1.29, 1.82) is 10.7 Å². The summed E-state index contributed by atoms with van der Waals surface area (Å²) in [5.41, 5.74) is 0.880. The van der Waals surface area contributed by atoms with Crippen molar-refractivity contribution < 1.29 is 19.1 Å². The number of esters is 1. The van der Waals surface area contributed by atoms with Crippen LogP contribution in [0.2, 0.25) is 0 Å². The van der Waals surface area contributed by atoms with Crippen LogP contribution in [0, 0.1) is 22.7 Å². The summed E-state index contributed by atoms with van der Waals surface area (Å²) < 4.78 is 4.89. The standard InChI is InChI=1S/C17H17N3O4/c1-11(19)14(9-18)15(21)10-24-17(23)12-4-6-13(7-5-12)20-8-2-3-16(20)22/h4-7,14,19H,2-3,8,10H2,1H3. The number of hydrogen-bond donors (Lipinski definition) is 1. The highest BCUT2D eigenvalue weighted by Crippen LogP contribution is 2.21. The smallest absolute Gasteiger partial charge is 0.338 e. The van der Waals surface area contributed by atoms with E-state index in [1.54, 1.807) is 23.1 Å². The molecular formula is C17H17N3O4. The molecule has 2 rings (SSSR count). The molecule has 1 atom stereocenters. The summed E-state index contributed by atoms with van der Waals surface area (Å²) in [6.45, 7) is 1.46. The van der Waals surface area contributed by atoms with Crippen molar-refractivity contribution in [3.05, 3.63) is 29.8 Å². The van der Waals surface area contributed by atoms with Gasteiger partial charge in [-0.05, 0) is 37.6 Å². The number of benzene rings is 1.